The highest BCUT2D eigenvalue weighted by molar-refractivity contribution is 6.36. The lowest BCUT2D eigenvalue weighted by molar-refractivity contribution is -0.107. The Morgan fingerprint density at radius 1 is 1.03 bits per heavy atom. The second kappa shape index (κ2) is 10.3. The average molecular weight is 442 g/mol. The number of hydrogen-bond acceptors (Lipinski definition) is 3. The maximum Gasteiger partial charge on any atom is 0.253 e. The van der Waals surface area contributed by atoms with Gasteiger partial charge in [-0.2, -0.15) is 0 Å². The Labute approximate surface area is 185 Å². The Morgan fingerprint density at radius 3 is 2.57 bits per heavy atom. The maximum atomic E-state index is 12.5. The lowest BCUT2D eigenvalue weighted by Gasteiger charge is -2.13. The number of carbonyl (C=O) groups is 2. The number of rotatable bonds is 8. The molecule has 3 rings (SSSR count). The standard InChI is InChI=1S/C24H21Cl2NO3/c1-30-23-10-7-18(17-6-2-4-16(12-17)5-3-11-28)13-19(23)15-27-24(29)21-9-8-20(25)14-22(21)26/h2,4,6-14H,3,5,15H2,1H3,(H,27,29). The summed E-state index contributed by atoms with van der Waals surface area (Å²) in [7, 11) is 1.59. The minimum absolute atomic E-state index is 0.277. The second-order valence-electron chi connectivity index (χ2n) is 6.74. The number of methoxy groups -OCH3 is 1. The molecule has 1 N–H and O–H groups in total. The summed E-state index contributed by atoms with van der Waals surface area (Å²) in [5.74, 6) is 0.387. The fraction of sp³-hybridized carbons (Fsp3) is 0.167. The van der Waals surface area contributed by atoms with Crippen molar-refractivity contribution in [1.82, 2.24) is 5.32 Å². The summed E-state index contributed by atoms with van der Waals surface area (Å²) in [4.78, 5) is 23.2. The van der Waals surface area contributed by atoms with Crippen LogP contribution in [0.1, 0.15) is 27.9 Å². The number of benzene rings is 3. The minimum Gasteiger partial charge on any atom is -0.496 e. The van der Waals surface area contributed by atoms with Gasteiger partial charge < -0.3 is 14.8 Å². The summed E-state index contributed by atoms with van der Waals surface area (Å²) < 4.78 is 5.46. The molecule has 0 heterocycles. The molecule has 0 saturated heterocycles. The first kappa shape index (κ1) is 21.9. The molecule has 1 amide bonds. The highest BCUT2D eigenvalue weighted by Crippen LogP contribution is 2.28. The molecule has 0 aliphatic carbocycles. The van der Waals surface area contributed by atoms with Crippen LogP contribution in [0.15, 0.2) is 60.7 Å². The first-order valence-electron chi connectivity index (χ1n) is 9.45. The Kier molecular flexibility index (Phi) is 7.50. The van der Waals surface area contributed by atoms with E-state index in [1.54, 1.807) is 19.2 Å². The van der Waals surface area contributed by atoms with Crippen LogP contribution >= 0.6 is 23.2 Å². The summed E-state index contributed by atoms with van der Waals surface area (Å²) in [5.41, 5.74) is 4.33. The van der Waals surface area contributed by atoms with Gasteiger partial charge in [0.05, 0.1) is 17.7 Å². The van der Waals surface area contributed by atoms with Crippen molar-refractivity contribution in [1.29, 1.82) is 0 Å². The van der Waals surface area contributed by atoms with E-state index in [4.69, 9.17) is 27.9 Å². The van der Waals surface area contributed by atoms with Crippen LogP contribution in [0.2, 0.25) is 10.0 Å². The molecule has 0 fully saturated rings. The number of halogens is 2. The van der Waals surface area contributed by atoms with Crippen LogP contribution in [0.4, 0.5) is 0 Å². The predicted octanol–water partition coefficient (Wildman–Crippen LogP) is 5.73. The van der Waals surface area contributed by atoms with Crippen molar-refractivity contribution in [3.63, 3.8) is 0 Å². The normalized spacial score (nSPS) is 10.5. The molecular weight excluding hydrogens is 421 g/mol. The molecule has 30 heavy (non-hydrogen) atoms. The maximum absolute atomic E-state index is 12.5. The minimum atomic E-state index is -0.292. The van der Waals surface area contributed by atoms with Crippen LogP contribution in [0.25, 0.3) is 11.1 Å². The molecule has 4 nitrogen and oxygen atoms in total. The largest absolute Gasteiger partial charge is 0.496 e. The third kappa shape index (κ3) is 5.41. The van der Waals surface area contributed by atoms with Gasteiger partial charge in [0, 0.05) is 23.6 Å². The first-order chi connectivity index (χ1) is 14.5. The molecule has 0 unspecified atom stereocenters. The quantitative estimate of drug-likeness (QED) is 0.454. The highest BCUT2D eigenvalue weighted by Gasteiger charge is 2.13. The fourth-order valence-corrected chi connectivity index (χ4v) is 3.67. The molecule has 0 atom stereocenters. The zero-order valence-electron chi connectivity index (χ0n) is 16.5. The molecule has 6 heteroatoms. The van der Waals surface area contributed by atoms with Crippen LogP contribution in [0.5, 0.6) is 5.75 Å². The van der Waals surface area contributed by atoms with Crippen LogP contribution in [0, 0.1) is 0 Å². The van der Waals surface area contributed by atoms with Gasteiger partial charge in [-0.15, -0.1) is 0 Å². The summed E-state index contributed by atoms with van der Waals surface area (Å²) >= 11 is 12.0. The Bertz CT molecular complexity index is 1070. The lowest BCUT2D eigenvalue weighted by Crippen LogP contribution is -2.23. The number of ether oxygens (including phenoxy) is 1. The third-order valence-corrected chi connectivity index (χ3v) is 5.25. The molecule has 0 radical (unpaired) electrons. The monoisotopic (exact) mass is 441 g/mol. The van der Waals surface area contributed by atoms with Gasteiger partial charge in [0.1, 0.15) is 12.0 Å². The average Bonchev–Trinajstić information content (AvgIpc) is 2.76. The number of aldehydes is 1. The molecule has 0 spiro atoms. The van der Waals surface area contributed by atoms with Gasteiger partial charge in [0.25, 0.3) is 5.91 Å². The molecule has 0 saturated carbocycles. The van der Waals surface area contributed by atoms with E-state index in [0.29, 0.717) is 34.2 Å². The SMILES string of the molecule is COc1ccc(-c2cccc(CCC=O)c2)cc1CNC(=O)c1ccc(Cl)cc1Cl. The molecule has 0 bridgehead atoms. The van der Waals surface area contributed by atoms with Crippen molar-refractivity contribution in [2.75, 3.05) is 7.11 Å². The Hall–Kier alpha value is -2.82. The molecule has 154 valence electrons. The number of carbonyl (C=O) groups excluding carboxylic acids is 2. The first-order valence-corrected chi connectivity index (χ1v) is 10.2. The van der Waals surface area contributed by atoms with Gasteiger partial charge in [0.15, 0.2) is 0 Å². The molecular formula is C24H21Cl2NO3. The van der Waals surface area contributed by atoms with Crippen molar-refractivity contribution >= 4 is 35.4 Å². The van der Waals surface area contributed by atoms with Gasteiger partial charge in [-0.1, -0.05) is 53.5 Å². The zero-order valence-corrected chi connectivity index (χ0v) is 18.0. The number of amides is 1. The smallest absolute Gasteiger partial charge is 0.253 e. The van der Waals surface area contributed by atoms with E-state index < -0.39 is 0 Å². The van der Waals surface area contributed by atoms with Crippen LogP contribution < -0.4 is 10.1 Å². The van der Waals surface area contributed by atoms with Gasteiger partial charge in [-0.3, -0.25) is 4.79 Å². The number of nitrogens with one attached hydrogen (secondary N) is 1. The van der Waals surface area contributed by atoms with E-state index in [2.05, 4.69) is 11.4 Å². The second-order valence-corrected chi connectivity index (χ2v) is 7.58. The summed E-state index contributed by atoms with van der Waals surface area (Å²) in [6.07, 6.45) is 2.13. The number of aryl methyl sites for hydroxylation is 1. The zero-order chi connectivity index (χ0) is 21.5. The molecule has 3 aromatic carbocycles. The summed E-state index contributed by atoms with van der Waals surface area (Å²) in [5, 5.41) is 3.66. The van der Waals surface area contributed by atoms with Crippen molar-refractivity contribution in [3.05, 3.63) is 87.4 Å². The number of hydrogen-bond donors (Lipinski definition) is 1. The molecule has 0 aliphatic heterocycles. The van der Waals surface area contributed by atoms with E-state index in [1.165, 1.54) is 6.07 Å². The fourth-order valence-electron chi connectivity index (χ4n) is 3.17. The lowest BCUT2D eigenvalue weighted by atomic mass is 9.99. The van der Waals surface area contributed by atoms with E-state index in [-0.39, 0.29) is 12.5 Å². The van der Waals surface area contributed by atoms with Gasteiger partial charge >= 0.3 is 0 Å². The van der Waals surface area contributed by atoms with E-state index in [0.717, 1.165) is 28.5 Å². The molecule has 0 aromatic heterocycles. The van der Waals surface area contributed by atoms with Gasteiger partial charge in [0.2, 0.25) is 0 Å². The Balaban J connectivity index is 1.81. The van der Waals surface area contributed by atoms with E-state index in [1.807, 2.05) is 36.4 Å². The van der Waals surface area contributed by atoms with Crippen molar-refractivity contribution in [2.45, 2.75) is 19.4 Å². The van der Waals surface area contributed by atoms with Crippen LogP contribution in [0.3, 0.4) is 0 Å². The topological polar surface area (TPSA) is 55.4 Å². The third-order valence-electron chi connectivity index (χ3n) is 4.71. The summed E-state index contributed by atoms with van der Waals surface area (Å²) in [6, 6.07) is 18.7. The van der Waals surface area contributed by atoms with Crippen LogP contribution in [-0.2, 0) is 17.8 Å². The van der Waals surface area contributed by atoms with Crippen molar-refractivity contribution in [2.24, 2.45) is 0 Å². The summed E-state index contributed by atoms with van der Waals surface area (Å²) in [6.45, 7) is 0.277. The van der Waals surface area contributed by atoms with E-state index in [9.17, 15) is 9.59 Å². The van der Waals surface area contributed by atoms with Gasteiger partial charge in [-0.05, 0) is 53.4 Å². The molecule has 0 aliphatic rings. The van der Waals surface area contributed by atoms with Crippen LogP contribution in [-0.4, -0.2) is 19.3 Å². The van der Waals surface area contributed by atoms with Gasteiger partial charge in [-0.25, -0.2) is 0 Å². The predicted molar refractivity (Wildman–Crippen MR) is 120 cm³/mol. The Morgan fingerprint density at radius 2 is 1.83 bits per heavy atom. The molecule has 3 aromatic rings. The van der Waals surface area contributed by atoms with Crippen molar-refractivity contribution < 1.29 is 14.3 Å². The van der Waals surface area contributed by atoms with E-state index >= 15 is 0 Å². The highest BCUT2D eigenvalue weighted by atomic mass is 35.5. The van der Waals surface area contributed by atoms with Crippen molar-refractivity contribution in [3.8, 4) is 16.9 Å².